The highest BCUT2D eigenvalue weighted by Crippen LogP contribution is 2.38. The average Bonchev–Trinajstić information content (AvgIpc) is 3.87. The molecule has 0 spiro atoms. The molecule has 41 heavy (non-hydrogen) atoms. The van der Waals surface area contributed by atoms with Crippen LogP contribution in [-0.2, 0) is 33.0 Å². The molecule has 12 heteroatoms. The van der Waals surface area contributed by atoms with E-state index in [0.29, 0.717) is 27.9 Å². The number of hydrogen-bond donors (Lipinski definition) is 0. The molecule has 2 aromatic heterocycles. The first-order chi connectivity index (χ1) is 19.7. The lowest BCUT2D eigenvalue weighted by Gasteiger charge is -2.29. The highest BCUT2D eigenvalue weighted by molar-refractivity contribution is 6.35. The van der Waals surface area contributed by atoms with E-state index < -0.39 is 18.4 Å². The Labute approximate surface area is 240 Å². The summed E-state index contributed by atoms with van der Waals surface area (Å²) < 4.78 is 54.5. The van der Waals surface area contributed by atoms with Crippen LogP contribution in [0.5, 0.6) is 0 Å². The second kappa shape index (κ2) is 11.1. The van der Waals surface area contributed by atoms with Crippen molar-refractivity contribution in [1.29, 1.82) is 0 Å². The van der Waals surface area contributed by atoms with E-state index in [0.717, 1.165) is 42.0 Å². The molecule has 0 aliphatic heterocycles. The number of aromatic nitrogens is 5. The molecular formula is C29H30ClF4N7. The highest BCUT2D eigenvalue weighted by atomic mass is 35.5. The summed E-state index contributed by atoms with van der Waals surface area (Å²) in [6, 6.07) is 11.0. The molecule has 0 amide bonds. The monoisotopic (exact) mass is 587 g/mol. The van der Waals surface area contributed by atoms with Crippen LogP contribution in [0.3, 0.4) is 0 Å². The van der Waals surface area contributed by atoms with Crippen LogP contribution in [0.1, 0.15) is 47.9 Å². The van der Waals surface area contributed by atoms with E-state index >= 15 is 0 Å². The van der Waals surface area contributed by atoms with E-state index in [1.807, 2.05) is 24.3 Å². The van der Waals surface area contributed by atoms with Gasteiger partial charge in [0.1, 0.15) is 12.5 Å². The lowest BCUT2D eigenvalue weighted by Crippen LogP contribution is -2.32. The molecule has 7 nitrogen and oxygen atoms in total. The predicted molar refractivity (Wildman–Crippen MR) is 149 cm³/mol. The number of halogens is 5. The molecule has 2 saturated carbocycles. The van der Waals surface area contributed by atoms with Crippen LogP contribution in [0.4, 0.5) is 29.3 Å². The SMILES string of the molecule is Cn1nnc(N(Cc2cc(CF)cc(C(F)(F)F)c2)Cc2cc3cccc(Cl)c3nc2N(CC2CC2)CC2CC2)n1. The lowest BCUT2D eigenvalue weighted by molar-refractivity contribution is -0.137. The fraction of sp³-hybridized carbons (Fsp3) is 0.448. The number of hydrogen-bond acceptors (Lipinski definition) is 6. The highest BCUT2D eigenvalue weighted by Gasteiger charge is 2.33. The Balaban J connectivity index is 1.42. The van der Waals surface area contributed by atoms with Gasteiger partial charge >= 0.3 is 6.18 Å². The average molecular weight is 588 g/mol. The normalized spacial score (nSPS) is 15.5. The van der Waals surface area contributed by atoms with Crippen molar-refractivity contribution < 1.29 is 17.6 Å². The second-order valence-electron chi connectivity index (χ2n) is 11.2. The number of rotatable bonds is 11. The Morgan fingerprint density at radius 1 is 0.951 bits per heavy atom. The number of alkyl halides is 4. The van der Waals surface area contributed by atoms with Gasteiger partial charge in [0.05, 0.1) is 23.2 Å². The summed E-state index contributed by atoms with van der Waals surface area (Å²) in [5.74, 6) is 2.30. The Kier molecular flexibility index (Phi) is 7.48. The minimum atomic E-state index is -4.60. The quantitative estimate of drug-likeness (QED) is 0.181. The maximum Gasteiger partial charge on any atom is 0.416 e. The summed E-state index contributed by atoms with van der Waals surface area (Å²) in [5, 5.41) is 13.9. The minimum Gasteiger partial charge on any atom is -0.356 e. The molecule has 4 aromatic rings. The largest absolute Gasteiger partial charge is 0.416 e. The van der Waals surface area contributed by atoms with Gasteiger partial charge in [0.2, 0.25) is 0 Å². The van der Waals surface area contributed by atoms with Gasteiger partial charge < -0.3 is 9.80 Å². The number of benzene rings is 2. The molecule has 216 valence electrons. The molecule has 2 fully saturated rings. The molecular weight excluding hydrogens is 558 g/mol. The van der Waals surface area contributed by atoms with E-state index in [2.05, 4.69) is 20.3 Å². The zero-order valence-corrected chi connectivity index (χ0v) is 23.3. The van der Waals surface area contributed by atoms with Crippen molar-refractivity contribution in [3.05, 3.63) is 69.7 Å². The third-order valence-corrected chi connectivity index (χ3v) is 7.86. The molecule has 0 N–H and O–H groups in total. The number of aryl methyl sites for hydroxylation is 1. The molecule has 2 aromatic carbocycles. The molecule has 0 atom stereocenters. The van der Waals surface area contributed by atoms with E-state index in [4.69, 9.17) is 16.6 Å². The fourth-order valence-electron chi connectivity index (χ4n) is 5.18. The van der Waals surface area contributed by atoms with Gasteiger partial charge in [0, 0.05) is 37.1 Å². The lowest BCUT2D eigenvalue weighted by atomic mass is 10.0. The maximum atomic E-state index is 13.6. The van der Waals surface area contributed by atoms with E-state index in [-0.39, 0.29) is 24.6 Å². The summed E-state index contributed by atoms with van der Waals surface area (Å²) in [7, 11) is 1.62. The number of tetrazole rings is 1. The van der Waals surface area contributed by atoms with Crippen molar-refractivity contribution in [2.45, 2.75) is 51.6 Å². The molecule has 2 aliphatic rings. The Morgan fingerprint density at radius 2 is 1.66 bits per heavy atom. The molecule has 6 rings (SSSR count). The summed E-state index contributed by atoms with van der Waals surface area (Å²) in [6.07, 6.45) is 0.149. The first kappa shape index (κ1) is 27.7. The Hall–Kier alpha value is -3.47. The van der Waals surface area contributed by atoms with E-state index in [9.17, 15) is 17.6 Å². The van der Waals surface area contributed by atoms with Crippen LogP contribution in [0.25, 0.3) is 10.9 Å². The summed E-state index contributed by atoms with van der Waals surface area (Å²) in [6.45, 7) is 1.05. The van der Waals surface area contributed by atoms with Gasteiger partial charge in [-0.2, -0.15) is 18.0 Å². The Morgan fingerprint density at radius 3 is 2.27 bits per heavy atom. The first-order valence-electron chi connectivity index (χ1n) is 13.7. The van der Waals surface area contributed by atoms with Gasteiger partial charge in [-0.1, -0.05) is 34.9 Å². The van der Waals surface area contributed by atoms with Gasteiger partial charge in [-0.15, -0.1) is 5.10 Å². The van der Waals surface area contributed by atoms with Crippen molar-refractivity contribution in [3.63, 3.8) is 0 Å². The number of pyridine rings is 1. The maximum absolute atomic E-state index is 13.6. The molecule has 0 saturated heterocycles. The smallest absolute Gasteiger partial charge is 0.356 e. The van der Waals surface area contributed by atoms with Crippen LogP contribution >= 0.6 is 11.6 Å². The van der Waals surface area contributed by atoms with E-state index in [1.165, 1.54) is 36.5 Å². The van der Waals surface area contributed by atoms with E-state index in [1.54, 1.807) is 11.9 Å². The third-order valence-electron chi connectivity index (χ3n) is 7.55. The van der Waals surface area contributed by atoms with Gasteiger partial charge in [0.15, 0.2) is 0 Å². The molecule has 2 heterocycles. The van der Waals surface area contributed by atoms with Crippen molar-refractivity contribution in [3.8, 4) is 0 Å². The molecule has 0 unspecified atom stereocenters. The van der Waals surface area contributed by atoms with Crippen molar-refractivity contribution >= 4 is 34.3 Å². The summed E-state index contributed by atoms with van der Waals surface area (Å²) in [4.78, 5) is 10.5. The third kappa shape index (κ3) is 6.55. The topological polar surface area (TPSA) is 63.0 Å². The van der Waals surface area contributed by atoms with Crippen LogP contribution in [-0.4, -0.2) is 38.3 Å². The number of para-hydroxylation sites is 1. The van der Waals surface area contributed by atoms with Gasteiger partial charge in [-0.3, -0.25) is 0 Å². The zero-order chi connectivity index (χ0) is 28.7. The second-order valence-corrected chi connectivity index (χ2v) is 11.6. The van der Waals surface area contributed by atoms with Gasteiger partial charge in [-0.05, 0) is 78.1 Å². The number of anilines is 2. The first-order valence-corrected chi connectivity index (χ1v) is 14.1. The van der Waals surface area contributed by atoms with Crippen molar-refractivity contribution in [1.82, 2.24) is 25.2 Å². The Bertz CT molecular complexity index is 1530. The standard InChI is InChI=1S/C29H30ClF4N7/c1-39-37-28(36-38-39)41(16-21-9-20(13-31)10-24(11-21)29(32,33)34)17-23-12-22-3-2-4-25(30)26(22)35-27(23)40(14-18-5-6-18)15-19-7-8-19/h2-4,9-12,18-19H,5-8,13-17H2,1H3. The van der Waals surface area contributed by atoms with Gasteiger partial charge in [0.25, 0.3) is 5.95 Å². The van der Waals surface area contributed by atoms with Crippen LogP contribution in [0.2, 0.25) is 5.02 Å². The molecule has 0 bridgehead atoms. The molecule has 0 radical (unpaired) electrons. The van der Waals surface area contributed by atoms with Crippen molar-refractivity contribution in [2.24, 2.45) is 18.9 Å². The number of fused-ring (bicyclic) bond motifs is 1. The van der Waals surface area contributed by atoms with Crippen LogP contribution in [0.15, 0.2) is 42.5 Å². The minimum absolute atomic E-state index is 0.0148. The zero-order valence-electron chi connectivity index (χ0n) is 22.6. The predicted octanol–water partition coefficient (Wildman–Crippen LogP) is 6.73. The van der Waals surface area contributed by atoms with Crippen LogP contribution < -0.4 is 9.80 Å². The fourth-order valence-corrected chi connectivity index (χ4v) is 5.40. The number of nitrogens with zero attached hydrogens (tertiary/aromatic N) is 7. The summed E-state index contributed by atoms with van der Waals surface area (Å²) >= 11 is 6.57. The molecule has 2 aliphatic carbocycles. The van der Waals surface area contributed by atoms with Crippen LogP contribution in [0, 0.1) is 11.8 Å². The van der Waals surface area contributed by atoms with Crippen molar-refractivity contribution in [2.75, 3.05) is 22.9 Å². The summed E-state index contributed by atoms with van der Waals surface area (Å²) in [5.41, 5.74) is 0.957. The van der Waals surface area contributed by atoms with Gasteiger partial charge in [-0.25, -0.2) is 9.37 Å².